The zero-order valence-electron chi connectivity index (χ0n) is 13.2. The number of fused-ring (bicyclic) bond motifs is 1. The molecule has 2 rings (SSSR count). The van der Waals surface area contributed by atoms with Gasteiger partial charge in [-0.15, -0.1) is 0 Å². The monoisotopic (exact) mass is 266 g/mol. The Morgan fingerprint density at radius 1 is 1.37 bits per heavy atom. The summed E-state index contributed by atoms with van der Waals surface area (Å²) in [6.07, 6.45) is 6.50. The van der Waals surface area contributed by atoms with Crippen LogP contribution >= 0.6 is 0 Å². The van der Waals surface area contributed by atoms with Crippen molar-refractivity contribution in [2.75, 3.05) is 6.61 Å². The van der Waals surface area contributed by atoms with E-state index in [4.69, 9.17) is 4.74 Å². The smallest absolute Gasteiger partial charge is 0.0720 e. The molecular weight excluding hydrogens is 236 g/mol. The average molecular weight is 266 g/mol. The molecule has 0 amide bonds. The van der Waals surface area contributed by atoms with E-state index in [0.717, 1.165) is 32.3 Å². The molecule has 0 aromatic rings. The Labute approximate surface area is 118 Å². The maximum atomic E-state index is 10.8. The highest BCUT2D eigenvalue weighted by molar-refractivity contribution is 5.19. The molecule has 1 N–H and O–H groups in total. The minimum atomic E-state index is -0.549. The zero-order chi connectivity index (χ0) is 14.3. The second-order valence-electron chi connectivity index (χ2n) is 7.17. The van der Waals surface area contributed by atoms with Crippen LogP contribution in [0.4, 0.5) is 0 Å². The summed E-state index contributed by atoms with van der Waals surface area (Å²) < 4.78 is 6.08. The number of aliphatic hydroxyl groups is 1. The standard InChI is InChI=1S/C17H30O2/c1-6-19-17(5)10-8-14-15(17)11-13(12(2)3)7-9-16(14,4)18/h11-12,14-15,18H,6-10H2,1-5H3. The van der Waals surface area contributed by atoms with E-state index < -0.39 is 5.60 Å². The quantitative estimate of drug-likeness (QED) is 0.784. The minimum absolute atomic E-state index is 0.0894. The Morgan fingerprint density at radius 3 is 2.63 bits per heavy atom. The van der Waals surface area contributed by atoms with E-state index in [1.165, 1.54) is 5.57 Å². The number of allylic oxidation sites excluding steroid dienone is 1. The molecular formula is C17H30O2. The lowest BCUT2D eigenvalue weighted by Gasteiger charge is -2.36. The van der Waals surface area contributed by atoms with E-state index >= 15 is 0 Å². The molecule has 0 saturated heterocycles. The highest BCUT2D eigenvalue weighted by Gasteiger charge is 2.52. The van der Waals surface area contributed by atoms with E-state index in [2.05, 4.69) is 33.8 Å². The molecule has 2 nitrogen and oxygen atoms in total. The van der Waals surface area contributed by atoms with Crippen molar-refractivity contribution in [1.82, 2.24) is 0 Å². The molecule has 110 valence electrons. The normalized spacial score (nSPS) is 43.0. The van der Waals surface area contributed by atoms with E-state index in [1.54, 1.807) is 0 Å². The van der Waals surface area contributed by atoms with Crippen molar-refractivity contribution in [3.05, 3.63) is 11.6 Å². The minimum Gasteiger partial charge on any atom is -0.390 e. The van der Waals surface area contributed by atoms with Gasteiger partial charge in [-0.2, -0.15) is 0 Å². The van der Waals surface area contributed by atoms with Gasteiger partial charge in [-0.05, 0) is 58.3 Å². The molecule has 0 aliphatic heterocycles. The molecule has 1 fully saturated rings. The molecule has 4 unspecified atom stereocenters. The molecule has 0 spiro atoms. The molecule has 2 aliphatic rings. The first kappa shape index (κ1) is 15.1. The van der Waals surface area contributed by atoms with Crippen LogP contribution in [0.2, 0.25) is 0 Å². The van der Waals surface area contributed by atoms with Gasteiger partial charge in [0.05, 0.1) is 11.2 Å². The van der Waals surface area contributed by atoms with Gasteiger partial charge in [0, 0.05) is 12.5 Å². The molecule has 4 atom stereocenters. The third kappa shape index (κ3) is 2.75. The van der Waals surface area contributed by atoms with Crippen LogP contribution in [0.3, 0.4) is 0 Å². The molecule has 0 heterocycles. The number of hydrogen-bond acceptors (Lipinski definition) is 2. The average Bonchev–Trinajstić information content (AvgIpc) is 2.54. The van der Waals surface area contributed by atoms with Crippen LogP contribution in [0.5, 0.6) is 0 Å². The van der Waals surface area contributed by atoms with Crippen molar-refractivity contribution in [3.8, 4) is 0 Å². The van der Waals surface area contributed by atoms with Crippen LogP contribution in [0, 0.1) is 17.8 Å². The highest BCUT2D eigenvalue weighted by Crippen LogP contribution is 2.51. The number of rotatable bonds is 3. The van der Waals surface area contributed by atoms with E-state index in [1.807, 2.05) is 6.92 Å². The van der Waals surface area contributed by atoms with Crippen molar-refractivity contribution in [3.63, 3.8) is 0 Å². The predicted octanol–water partition coefficient (Wildman–Crippen LogP) is 3.94. The molecule has 0 aromatic heterocycles. The van der Waals surface area contributed by atoms with Gasteiger partial charge in [-0.25, -0.2) is 0 Å². The molecule has 2 heteroatoms. The molecule has 19 heavy (non-hydrogen) atoms. The lowest BCUT2D eigenvalue weighted by atomic mass is 9.77. The molecule has 0 bridgehead atoms. The fourth-order valence-electron chi connectivity index (χ4n) is 4.08. The van der Waals surface area contributed by atoms with Crippen molar-refractivity contribution in [2.24, 2.45) is 17.8 Å². The van der Waals surface area contributed by atoms with Crippen LogP contribution in [-0.2, 0) is 4.74 Å². The lowest BCUT2D eigenvalue weighted by molar-refractivity contribution is -0.0729. The van der Waals surface area contributed by atoms with E-state index in [9.17, 15) is 5.11 Å². The largest absolute Gasteiger partial charge is 0.390 e. The van der Waals surface area contributed by atoms with Gasteiger partial charge in [0.2, 0.25) is 0 Å². The molecule has 0 aromatic carbocycles. The van der Waals surface area contributed by atoms with Gasteiger partial charge in [0.25, 0.3) is 0 Å². The first-order chi connectivity index (χ1) is 8.80. The Balaban J connectivity index is 2.36. The Hall–Kier alpha value is -0.340. The van der Waals surface area contributed by atoms with Crippen molar-refractivity contribution in [1.29, 1.82) is 0 Å². The number of ether oxygens (including phenoxy) is 1. The predicted molar refractivity (Wildman–Crippen MR) is 79.0 cm³/mol. The fourth-order valence-corrected chi connectivity index (χ4v) is 4.08. The maximum Gasteiger partial charge on any atom is 0.0720 e. The Kier molecular flexibility index (Phi) is 4.13. The van der Waals surface area contributed by atoms with Gasteiger partial charge in [-0.3, -0.25) is 0 Å². The third-order valence-corrected chi connectivity index (χ3v) is 5.42. The fraction of sp³-hybridized carbons (Fsp3) is 0.882. The summed E-state index contributed by atoms with van der Waals surface area (Å²) in [5.74, 6) is 1.28. The summed E-state index contributed by atoms with van der Waals surface area (Å²) in [6.45, 7) is 11.6. The lowest BCUT2D eigenvalue weighted by Crippen LogP contribution is -2.41. The Morgan fingerprint density at radius 2 is 2.05 bits per heavy atom. The SMILES string of the molecule is CCOC1(C)CCC2C1C=C(C(C)C)CCC2(C)O. The third-order valence-electron chi connectivity index (χ3n) is 5.42. The second kappa shape index (κ2) is 5.21. The van der Waals surface area contributed by atoms with Crippen LogP contribution in [0.15, 0.2) is 11.6 Å². The Bertz CT molecular complexity index is 356. The summed E-state index contributed by atoms with van der Waals surface area (Å²) >= 11 is 0. The topological polar surface area (TPSA) is 29.5 Å². The summed E-state index contributed by atoms with van der Waals surface area (Å²) in [7, 11) is 0. The van der Waals surface area contributed by atoms with Crippen molar-refractivity contribution < 1.29 is 9.84 Å². The number of hydrogen-bond donors (Lipinski definition) is 1. The zero-order valence-corrected chi connectivity index (χ0v) is 13.2. The molecule has 1 saturated carbocycles. The summed E-state index contributed by atoms with van der Waals surface area (Å²) in [5, 5.41) is 10.8. The second-order valence-corrected chi connectivity index (χ2v) is 7.17. The summed E-state index contributed by atoms with van der Waals surface area (Å²) in [5.41, 5.74) is 0.862. The first-order valence-corrected chi connectivity index (χ1v) is 7.87. The van der Waals surface area contributed by atoms with Crippen molar-refractivity contribution in [2.45, 2.75) is 71.5 Å². The van der Waals surface area contributed by atoms with Crippen LogP contribution in [0.25, 0.3) is 0 Å². The van der Waals surface area contributed by atoms with Gasteiger partial charge < -0.3 is 9.84 Å². The van der Waals surface area contributed by atoms with Crippen LogP contribution in [0.1, 0.15) is 60.3 Å². The maximum absolute atomic E-state index is 10.8. The molecule has 0 radical (unpaired) electrons. The van der Waals surface area contributed by atoms with Crippen LogP contribution in [-0.4, -0.2) is 22.9 Å². The molecule has 2 aliphatic carbocycles. The summed E-state index contributed by atoms with van der Waals surface area (Å²) in [4.78, 5) is 0. The van der Waals surface area contributed by atoms with Crippen molar-refractivity contribution >= 4 is 0 Å². The van der Waals surface area contributed by atoms with Gasteiger partial charge in [0.1, 0.15) is 0 Å². The van der Waals surface area contributed by atoms with Gasteiger partial charge in [-0.1, -0.05) is 25.5 Å². The van der Waals surface area contributed by atoms with E-state index in [-0.39, 0.29) is 5.60 Å². The van der Waals surface area contributed by atoms with Gasteiger partial charge >= 0.3 is 0 Å². The summed E-state index contributed by atoms with van der Waals surface area (Å²) in [6, 6.07) is 0. The van der Waals surface area contributed by atoms with E-state index in [0.29, 0.717) is 17.8 Å². The highest BCUT2D eigenvalue weighted by atomic mass is 16.5. The van der Waals surface area contributed by atoms with Gasteiger partial charge in [0.15, 0.2) is 0 Å². The van der Waals surface area contributed by atoms with Crippen LogP contribution < -0.4 is 0 Å². The first-order valence-electron chi connectivity index (χ1n) is 7.87.